The van der Waals surface area contributed by atoms with Crippen molar-refractivity contribution in [3.8, 4) is 5.75 Å². The summed E-state index contributed by atoms with van der Waals surface area (Å²) >= 11 is 0. The highest BCUT2D eigenvalue weighted by Crippen LogP contribution is 2.06. The summed E-state index contributed by atoms with van der Waals surface area (Å²) in [5.74, 6) is 0.391. The summed E-state index contributed by atoms with van der Waals surface area (Å²) in [6, 6.07) is 6.49. The van der Waals surface area contributed by atoms with Crippen LogP contribution in [0.1, 0.15) is 0 Å². The Morgan fingerprint density at radius 3 is 2.67 bits per heavy atom. The number of methoxy groups -OCH3 is 1. The molecule has 0 radical (unpaired) electrons. The van der Waals surface area contributed by atoms with Gasteiger partial charge in [-0.25, -0.2) is 4.86 Å². The molecule has 0 saturated carbocycles. The van der Waals surface area contributed by atoms with Crippen LogP contribution in [0.4, 0.5) is 4.53 Å². The van der Waals surface area contributed by atoms with Crippen LogP contribution in [-0.2, 0) is 4.86 Å². The van der Waals surface area contributed by atoms with Gasteiger partial charge in [-0.2, -0.15) is 0 Å². The minimum absolute atomic E-state index is 0.266. The first-order valence-electron chi connectivity index (χ1n) is 3.38. The molecule has 3 nitrogen and oxygen atoms in total. The Labute approximate surface area is 69.8 Å². The molecule has 0 bridgehead atoms. The summed E-state index contributed by atoms with van der Waals surface area (Å²) in [7, 11) is -0.148. The van der Waals surface area contributed by atoms with Gasteiger partial charge in [0, 0.05) is 5.46 Å². The second-order valence-corrected chi connectivity index (χ2v) is 2.18. The summed E-state index contributed by atoms with van der Waals surface area (Å²) < 4.78 is 16.4. The van der Waals surface area contributed by atoms with E-state index in [2.05, 4.69) is 4.86 Å². The van der Waals surface area contributed by atoms with Crippen molar-refractivity contribution in [2.24, 2.45) is 0 Å². The SMILES string of the molecule is COc1ccccc1B(O)OF. The van der Waals surface area contributed by atoms with E-state index in [-0.39, 0.29) is 5.46 Å². The lowest BCUT2D eigenvalue weighted by atomic mass is 9.79. The zero-order chi connectivity index (χ0) is 8.97. The van der Waals surface area contributed by atoms with Gasteiger partial charge in [0.1, 0.15) is 5.75 Å². The first kappa shape index (κ1) is 9.03. The number of rotatable bonds is 3. The third-order valence-electron chi connectivity index (χ3n) is 1.49. The number of hydrogen-bond acceptors (Lipinski definition) is 3. The van der Waals surface area contributed by atoms with Crippen LogP contribution in [0.2, 0.25) is 0 Å². The van der Waals surface area contributed by atoms with E-state index in [9.17, 15) is 4.53 Å². The molecule has 64 valence electrons. The molecule has 0 saturated heterocycles. The van der Waals surface area contributed by atoms with Crippen LogP contribution < -0.4 is 10.2 Å². The molecule has 12 heavy (non-hydrogen) atoms. The number of ether oxygens (including phenoxy) is 1. The molecule has 0 aliphatic rings. The maximum Gasteiger partial charge on any atom is 0.533 e. The van der Waals surface area contributed by atoms with Gasteiger partial charge >= 0.3 is 7.12 Å². The van der Waals surface area contributed by atoms with E-state index in [1.807, 2.05) is 0 Å². The first-order chi connectivity index (χ1) is 5.79. The monoisotopic (exact) mass is 170 g/mol. The van der Waals surface area contributed by atoms with E-state index in [1.54, 1.807) is 18.2 Å². The predicted molar refractivity (Wildman–Crippen MR) is 42.8 cm³/mol. The minimum Gasteiger partial charge on any atom is -0.497 e. The van der Waals surface area contributed by atoms with Crippen molar-refractivity contribution in [2.45, 2.75) is 0 Å². The van der Waals surface area contributed by atoms with Crippen LogP contribution in [0.5, 0.6) is 5.75 Å². The van der Waals surface area contributed by atoms with Gasteiger partial charge in [0.2, 0.25) is 0 Å². The van der Waals surface area contributed by atoms with Crippen LogP contribution in [0, 0.1) is 0 Å². The summed E-state index contributed by atoms with van der Waals surface area (Å²) in [4.78, 5) is 3.25. The average molecular weight is 170 g/mol. The second-order valence-electron chi connectivity index (χ2n) is 2.18. The molecule has 0 atom stereocenters. The molecule has 1 N–H and O–H groups in total. The second kappa shape index (κ2) is 4.08. The van der Waals surface area contributed by atoms with Gasteiger partial charge in [-0.05, 0) is 6.07 Å². The quantitative estimate of drug-likeness (QED) is 0.662. The van der Waals surface area contributed by atoms with Crippen LogP contribution in [-0.4, -0.2) is 19.3 Å². The van der Waals surface area contributed by atoms with E-state index in [0.29, 0.717) is 5.75 Å². The van der Waals surface area contributed by atoms with Crippen molar-refractivity contribution >= 4 is 12.6 Å². The topological polar surface area (TPSA) is 38.7 Å². The molecule has 0 unspecified atom stereocenters. The van der Waals surface area contributed by atoms with Crippen molar-refractivity contribution in [3.05, 3.63) is 24.3 Å². The van der Waals surface area contributed by atoms with Crippen molar-refractivity contribution in [1.29, 1.82) is 0 Å². The first-order valence-corrected chi connectivity index (χ1v) is 3.38. The highest BCUT2D eigenvalue weighted by atomic mass is 19.3. The standard InChI is InChI=1S/C7H8BFO3/c1-11-7-5-3-2-4-6(7)8(10)12-9/h2-5,10H,1H3. The lowest BCUT2D eigenvalue weighted by molar-refractivity contribution is -0.0268. The van der Waals surface area contributed by atoms with Gasteiger partial charge in [0.15, 0.2) is 0 Å². The smallest absolute Gasteiger partial charge is 0.497 e. The normalized spacial score (nSPS) is 9.58. The zero-order valence-corrected chi connectivity index (χ0v) is 6.53. The van der Waals surface area contributed by atoms with E-state index >= 15 is 0 Å². The van der Waals surface area contributed by atoms with Gasteiger partial charge in [0.05, 0.1) is 7.11 Å². The maximum absolute atomic E-state index is 11.6. The Bertz CT molecular complexity index is 256. The molecule has 0 aromatic heterocycles. The Balaban J connectivity index is 2.96. The molecule has 0 heterocycles. The molecule has 1 rings (SSSR count). The molecule has 0 spiro atoms. The molecule has 0 fully saturated rings. The highest BCUT2D eigenvalue weighted by molar-refractivity contribution is 6.60. The van der Waals surface area contributed by atoms with Crippen LogP contribution in [0.3, 0.4) is 0 Å². The predicted octanol–water partition coefficient (Wildman–Crippen LogP) is 0.284. The average Bonchev–Trinajstić information content (AvgIpc) is 2.16. The van der Waals surface area contributed by atoms with Crippen LogP contribution in [0.15, 0.2) is 24.3 Å². The fourth-order valence-corrected chi connectivity index (χ4v) is 0.918. The fourth-order valence-electron chi connectivity index (χ4n) is 0.918. The third kappa shape index (κ3) is 1.75. The molecular formula is C7H8BFO3. The summed E-state index contributed by atoms with van der Waals surface area (Å²) in [6.07, 6.45) is 0. The highest BCUT2D eigenvalue weighted by Gasteiger charge is 2.21. The van der Waals surface area contributed by atoms with Gasteiger partial charge in [0.25, 0.3) is 0 Å². The lowest BCUT2D eigenvalue weighted by Crippen LogP contribution is -2.32. The number of benzene rings is 1. The summed E-state index contributed by atoms with van der Waals surface area (Å²) in [5, 5.41) is 8.96. The zero-order valence-electron chi connectivity index (χ0n) is 6.53. The van der Waals surface area contributed by atoms with Crippen molar-refractivity contribution in [1.82, 2.24) is 0 Å². The van der Waals surface area contributed by atoms with Gasteiger partial charge < -0.3 is 9.76 Å². The molecule has 0 aliphatic carbocycles. The van der Waals surface area contributed by atoms with Crippen molar-refractivity contribution < 1.29 is 19.1 Å². The van der Waals surface area contributed by atoms with E-state index in [1.165, 1.54) is 13.2 Å². The number of hydrogen-bond donors (Lipinski definition) is 1. The molecule has 0 amide bonds. The van der Waals surface area contributed by atoms with Gasteiger partial charge in [-0.3, -0.25) is 0 Å². The Morgan fingerprint density at radius 2 is 2.08 bits per heavy atom. The Morgan fingerprint density at radius 1 is 1.42 bits per heavy atom. The number of halogens is 1. The Hall–Kier alpha value is -1.07. The van der Waals surface area contributed by atoms with Crippen molar-refractivity contribution in [2.75, 3.05) is 7.11 Å². The van der Waals surface area contributed by atoms with Gasteiger partial charge in [-0.1, -0.05) is 22.7 Å². The van der Waals surface area contributed by atoms with Crippen LogP contribution in [0.25, 0.3) is 0 Å². The molecule has 1 aromatic carbocycles. The maximum atomic E-state index is 11.6. The van der Waals surface area contributed by atoms with E-state index < -0.39 is 7.12 Å². The largest absolute Gasteiger partial charge is 0.533 e. The molecular weight excluding hydrogens is 162 g/mol. The molecule has 0 aliphatic heterocycles. The van der Waals surface area contributed by atoms with Gasteiger partial charge in [-0.15, -0.1) is 0 Å². The summed E-state index contributed by atoms with van der Waals surface area (Å²) in [6.45, 7) is 0. The Kier molecular flexibility index (Phi) is 3.07. The van der Waals surface area contributed by atoms with Crippen molar-refractivity contribution in [3.63, 3.8) is 0 Å². The fraction of sp³-hybridized carbons (Fsp3) is 0.143. The van der Waals surface area contributed by atoms with E-state index in [4.69, 9.17) is 9.76 Å². The summed E-state index contributed by atoms with van der Waals surface area (Å²) in [5.41, 5.74) is 0.266. The minimum atomic E-state index is -1.58. The number of para-hydroxylation sites is 1. The third-order valence-corrected chi connectivity index (χ3v) is 1.49. The van der Waals surface area contributed by atoms with Crippen LogP contribution >= 0.6 is 0 Å². The lowest BCUT2D eigenvalue weighted by Gasteiger charge is -2.06. The molecule has 5 heteroatoms. The van der Waals surface area contributed by atoms with E-state index in [0.717, 1.165) is 0 Å². The molecule has 1 aromatic rings.